The molecule has 2 aromatic carbocycles. The molecule has 0 aliphatic carbocycles. The largest absolute Gasteiger partial charge is 0.416 e. The summed E-state index contributed by atoms with van der Waals surface area (Å²) in [6, 6.07) is 13.2. The first kappa shape index (κ1) is 21.5. The van der Waals surface area contributed by atoms with Crippen molar-refractivity contribution >= 4 is 11.8 Å². The molecule has 0 spiro atoms. The second-order valence-electron chi connectivity index (χ2n) is 7.35. The zero-order chi connectivity index (χ0) is 22.7. The Morgan fingerprint density at radius 1 is 0.938 bits per heavy atom. The number of rotatable bonds is 4. The number of hydrogen-bond acceptors (Lipinski definition) is 4. The first-order chi connectivity index (χ1) is 15.3. The van der Waals surface area contributed by atoms with Crippen LogP contribution in [-0.2, 0) is 25.7 Å². The third-order valence-corrected chi connectivity index (χ3v) is 5.27. The van der Waals surface area contributed by atoms with E-state index in [0.717, 1.165) is 12.1 Å². The van der Waals surface area contributed by atoms with E-state index in [1.165, 1.54) is 17.0 Å². The number of halogens is 3. The maximum Gasteiger partial charge on any atom is 0.416 e. The van der Waals surface area contributed by atoms with Crippen molar-refractivity contribution < 1.29 is 22.8 Å². The second kappa shape index (κ2) is 8.81. The van der Waals surface area contributed by atoms with Gasteiger partial charge in [-0.05, 0) is 30.3 Å². The van der Waals surface area contributed by atoms with Crippen LogP contribution >= 0.6 is 0 Å². The van der Waals surface area contributed by atoms with Crippen LogP contribution in [0.4, 0.5) is 13.2 Å². The van der Waals surface area contributed by atoms with Gasteiger partial charge in [0.05, 0.1) is 12.1 Å². The Balaban J connectivity index is 1.42. The van der Waals surface area contributed by atoms with Crippen LogP contribution in [0.1, 0.15) is 37.9 Å². The zero-order valence-corrected chi connectivity index (χ0v) is 17.0. The number of nitrogens with one attached hydrogen (secondary N) is 1. The van der Waals surface area contributed by atoms with E-state index in [2.05, 4.69) is 15.5 Å². The first-order valence-corrected chi connectivity index (χ1v) is 10.0. The van der Waals surface area contributed by atoms with Gasteiger partial charge in [-0.2, -0.15) is 13.2 Å². The van der Waals surface area contributed by atoms with Crippen molar-refractivity contribution in [2.75, 3.05) is 13.1 Å². The van der Waals surface area contributed by atoms with Gasteiger partial charge in [0.1, 0.15) is 5.82 Å². The standard InChI is InChI=1S/C22H20F3N5O2/c23-22(24,25)17-8-4-7-16(13-17)21(32)29-10-9-18-27-28-19(30(18)12-11-29)14-26-20(31)15-5-2-1-3-6-15/h1-8,13H,9-12,14H2,(H,26,31). The van der Waals surface area contributed by atoms with Crippen LogP contribution in [0.2, 0.25) is 0 Å². The summed E-state index contributed by atoms with van der Waals surface area (Å²) in [5.41, 5.74) is -0.333. The summed E-state index contributed by atoms with van der Waals surface area (Å²) in [6.45, 7) is 1.15. The van der Waals surface area contributed by atoms with Crippen molar-refractivity contribution in [3.8, 4) is 0 Å². The van der Waals surface area contributed by atoms with Crippen LogP contribution in [0, 0.1) is 0 Å². The second-order valence-corrected chi connectivity index (χ2v) is 7.35. The van der Waals surface area contributed by atoms with E-state index < -0.39 is 17.6 Å². The van der Waals surface area contributed by atoms with Gasteiger partial charge in [-0.15, -0.1) is 10.2 Å². The van der Waals surface area contributed by atoms with Crippen LogP contribution in [0.15, 0.2) is 54.6 Å². The highest BCUT2D eigenvalue weighted by Gasteiger charge is 2.31. The van der Waals surface area contributed by atoms with Crippen LogP contribution in [0.3, 0.4) is 0 Å². The summed E-state index contributed by atoms with van der Waals surface area (Å²) in [7, 11) is 0. The molecule has 0 atom stereocenters. The fourth-order valence-electron chi connectivity index (χ4n) is 3.58. The van der Waals surface area contributed by atoms with Gasteiger partial charge in [0.25, 0.3) is 11.8 Å². The molecule has 7 nitrogen and oxygen atoms in total. The van der Waals surface area contributed by atoms with Crippen molar-refractivity contribution in [3.05, 3.63) is 82.9 Å². The molecule has 1 aliphatic rings. The highest BCUT2D eigenvalue weighted by Crippen LogP contribution is 2.29. The normalized spacial score (nSPS) is 13.9. The van der Waals surface area contributed by atoms with Crippen molar-refractivity contribution in [1.82, 2.24) is 25.0 Å². The fraction of sp³-hybridized carbons (Fsp3) is 0.273. The first-order valence-electron chi connectivity index (χ1n) is 10.0. The highest BCUT2D eigenvalue weighted by molar-refractivity contribution is 5.94. The van der Waals surface area contributed by atoms with Gasteiger partial charge < -0.3 is 14.8 Å². The van der Waals surface area contributed by atoms with Crippen LogP contribution in [0.5, 0.6) is 0 Å². The van der Waals surface area contributed by atoms with Gasteiger partial charge >= 0.3 is 6.18 Å². The number of amides is 2. The fourth-order valence-corrected chi connectivity index (χ4v) is 3.58. The Kier molecular flexibility index (Phi) is 5.93. The highest BCUT2D eigenvalue weighted by atomic mass is 19.4. The van der Waals surface area contributed by atoms with Gasteiger partial charge in [0.2, 0.25) is 0 Å². The van der Waals surface area contributed by atoms with Crippen LogP contribution in [-0.4, -0.2) is 44.6 Å². The Hall–Kier alpha value is -3.69. The van der Waals surface area contributed by atoms with E-state index >= 15 is 0 Å². The monoisotopic (exact) mass is 443 g/mol. The quantitative estimate of drug-likeness (QED) is 0.673. The minimum atomic E-state index is -4.51. The summed E-state index contributed by atoms with van der Waals surface area (Å²) in [5, 5.41) is 11.1. The van der Waals surface area contributed by atoms with Gasteiger partial charge in [-0.1, -0.05) is 24.3 Å². The topological polar surface area (TPSA) is 80.1 Å². The summed E-state index contributed by atoms with van der Waals surface area (Å²) in [4.78, 5) is 26.6. The number of fused-ring (bicyclic) bond motifs is 1. The molecule has 0 saturated heterocycles. The number of alkyl halides is 3. The predicted octanol–water partition coefficient (Wildman–Crippen LogP) is 2.93. The van der Waals surface area contributed by atoms with Crippen molar-refractivity contribution in [2.45, 2.75) is 25.7 Å². The summed E-state index contributed by atoms with van der Waals surface area (Å²) in [5.74, 6) is 0.512. The van der Waals surface area contributed by atoms with Crippen LogP contribution < -0.4 is 5.32 Å². The SMILES string of the molecule is O=C(NCc1nnc2n1CCN(C(=O)c1cccc(C(F)(F)F)c1)CC2)c1ccccc1. The maximum absolute atomic E-state index is 13.0. The van der Waals surface area contributed by atoms with Gasteiger partial charge in [0, 0.05) is 37.2 Å². The minimum Gasteiger partial charge on any atom is -0.345 e. The molecule has 166 valence electrons. The number of hydrogen-bond donors (Lipinski definition) is 1. The summed E-state index contributed by atoms with van der Waals surface area (Å²) in [6.07, 6.45) is -4.10. The van der Waals surface area contributed by atoms with Crippen molar-refractivity contribution in [2.24, 2.45) is 0 Å². The molecule has 10 heteroatoms. The van der Waals surface area contributed by atoms with E-state index in [4.69, 9.17) is 0 Å². The molecule has 2 amide bonds. The predicted molar refractivity (Wildman–Crippen MR) is 109 cm³/mol. The molecule has 1 aromatic heterocycles. The van der Waals surface area contributed by atoms with Crippen molar-refractivity contribution in [3.63, 3.8) is 0 Å². The van der Waals surface area contributed by atoms with E-state index in [1.807, 2.05) is 10.6 Å². The Labute approximate surface area is 181 Å². The molecule has 0 radical (unpaired) electrons. The lowest BCUT2D eigenvalue weighted by Crippen LogP contribution is -2.34. The average molecular weight is 443 g/mol. The molecular formula is C22H20F3N5O2. The Morgan fingerprint density at radius 3 is 2.44 bits per heavy atom. The molecule has 0 saturated carbocycles. The molecule has 4 rings (SSSR count). The lowest BCUT2D eigenvalue weighted by Gasteiger charge is -2.20. The molecule has 2 heterocycles. The molecule has 1 aliphatic heterocycles. The molecule has 1 N–H and O–H groups in total. The molecule has 0 fully saturated rings. The third-order valence-electron chi connectivity index (χ3n) is 5.27. The Morgan fingerprint density at radius 2 is 1.69 bits per heavy atom. The number of carbonyl (C=O) groups excluding carboxylic acids is 2. The number of benzene rings is 2. The number of aromatic nitrogens is 3. The third kappa shape index (κ3) is 4.63. The van der Waals surface area contributed by atoms with Gasteiger partial charge in [-0.25, -0.2) is 0 Å². The number of carbonyl (C=O) groups is 2. The maximum atomic E-state index is 13.0. The van der Waals surface area contributed by atoms with E-state index in [9.17, 15) is 22.8 Å². The smallest absolute Gasteiger partial charge is 0.345 e. The molecule has 0 unspecified atom stereocenters. The molecule has 3 aromatic rings. The minimum absolute atomic E-state index is 0.00663. The lowest BCUT2D eigenvalue weighted by molar-refractivity contribution is -0.137. The van der Waals surface area contributed by atoms with Crippen molar-refractivity contribution in [1.29, 1.82) is 0 Å². The average Bonchev–Trinajstić information content (AvgIpc) is 3.06. The Bertz CT molecular complexity index is 1130. The van der Waals surface area contributed by atoms with Gasteiger partial charge in [-0.3, -0.25) is 9.59 Å². The summed E-state index contributed by atoms with van der Waals surface area (Å²) < 4.78 is 40.8. The molecular weight excluding hydrogens is 423 g/mol. The summed E-state index contributed by atoms with van der Waals surface area (Å²) >= 11 is 0. The van der Waals surface area contributed by atoms with E-state index in [0.29, 0.717) is 43.3 Å². The van der Waals surface area contributed by atoms with Crippen LogP contribution in [0.25, 0.3) is 0 Å². The zero-order valence-electron chi connectivity index (χ0n) is 17.0. The van der Waals surface area contributed by atoms with E-state index in [-0.39, 0.29) is 18.0 Å². The van der Waals surface area contributed by atoms with E-state index in [1.54, 1.807) is 24.3 Å². The lowest BCUT2D eigenvalue weighted by atomic mass is 10.1. The molecule has 0 bridgehead atoms. The number of nitrogens with zero attached hydrogens (tertiary/aromatic N) is 4. The van der Waals surface area contributed by atoms with Gasteiger partial charge in [0.15, 0.2) is 5.82 Å². The molecule has 32 heavy (non-hydrogen) atoms.